The maximum Gasteiger partial charge on any atom is 0.236 e. The number of hydrogen-bond donors (Lipinski definition) is 1. The lowest BCUT2D eigenvalue weighted by Gasteiger charge is -2.57. The summed E-state index contributed by atoms with van der Waals surface area (Å²) in [5, 5.41) is 10.2. The van der Waals surface area contributed by atoms with Crippen molar-refractivity contribution < 1.29 is 14.6 Å². The number of rotatable bonds is 5. The molecule has 176 valence electrons. The molecule has 0 radical (unpaired) electrons. The molecule has 3 atom stereocenters. The van der Waals surface area contributed by atoms with Gasteiger partial charge < -0.3 is 14.7 Å². The summed E-state index contributed by atoms with van der Waals surface area (Å²) >= 11 is 0. The van der Waals surface area contributed by atoms with E-state index in [0.717, 1.165) is 45.6 Å². The molecular formula is C27H35N3O3. The molecule has 3 aliphatic heterocycles. The number of ether oxygens (including phenoxy) is 1. The van der Waals surface area contributed by atoms with Crippen molar-refractivity contribution in [3.8, 4) is 11.1 Å². The van der Waals surface area contributed by atoms with E-state index in [4.69, 9.17) is 4.74 Å². The molecule has 2 aromatic rings. The standard InChI is InChI=1S/C27H35N3O3/c31-20-25-27(23-10-8-22(9-11-23)21-6-2-1-3-7-21)24-18-29(12-4-5-13-30(24)25)26(32)19-28-14-16-33-17-15-28/h1-3,6-11,24-25,27,31H,4-5,12-20H2/t24-,25-,27+/m0/s1. The molecule has 5 rings (SSSR count). The Morgan fingerprint density at radius 3 is 2.33 bits per heavy atom. The SMILES string of the molecule is O=C(CN1CCOCC1)N1CCCCN2[C@@H](CO)[C@H](c3ccc(-c4ccccc4)cc3)[C@@H]2C1. The third-order valence-electron chi connectivity index (χ3n) is 7.59. The van der Waals surface area contributed by atoms with Crippen LogP contribution in [0.25, 0.3) is 11.1 Å². The Hall–Kier alpha value is -2.25. The van der Waals surface area contributed by atoms with E-state index in [1.165, 1.54) is 16.7 Å². The van der Waals surface area contributed by atoms with E-state index in [0.29, 0.717) is 19.8 Å². The highest BCUT2D eigenvalue weighted by Crippen LogP contribution is 2.42. The first kappa shape index (κ1) is 22.5. The summed E-state index contributed by atoms with van der Waals surface area (Å²) in [6, 6.07) is 19.6. The predicted octanol–water partition coefficient (Wildman–Crippen LogP) is 2.44. The van der Waals surface area contributed by atoms with Gasteiger partial charge in [0.05, 0.1) is 26.4 Å². The molecule has 1 N–H and O–H groups in total. The van der Waals surface area contributed by atoms with Crippen LogP contribution >= 0.6 is 0 Å². The molecular weight excluding hydrogens is 414 g/mol. The Morgan fingerprint density at radius 1 is 0.909 bits per heavy atom. The van der Waals surface area contributed by atoms with E-state index >= 15 is 0 Å². The molecule has 33 heavy (non-hydrogen) atoms. The van der Waals surface area contributed by atoms with Crippen LogP contribution < -0.4 is 0 Å². The number of amides is 1. The molecule has 3 fully saturated rings. The number of benzene rings is 2. The van der Waals surface area contributed by atoms with Crippen LogP contribution in [-0.4, -0.2) is 96.9 Å². The van der Waals surface area contributed by atoms with Crippen LogP contribution in [-0.2, 0) is 9.53 Å². The molecule has 3 saturated heterocycles. The first-order valence-electron chi connectivity index (χ1n) is 12.3. The van der Waals surface area contributed by atoms with Gasteiger partial charge >= 0.3 is 0 Å². The highest BCUT2D eigenvalue weighted by molar-refractivity contribution is 5.78. The lowest BCUT2D eigenvalue weighted by Crippen LogP contribution is -2.68. The minimum Gasteiger partial charge on any atom is -0.395 e. The Labute approximate surface area is 196 Å². The minimum absolute atomic E-state index is 0.131. The van der Waals surface area contributed by atoms with Gasteiger partial charge in [-0.3, -0.25) is 14.6 Å². The second-order valence-electron chi connectivity index (χ2n) is 9.50. The fraction of sp³-hybridized carbons (Fsp3) is 0.519. The summed E-state index contributed by atoms with van der Waals surface area (Å²) in [6.45, 7) is 6.29. The summed E-state index contributed by atoms with van der Waals surface area (Å²) in [6.07, 6.45) is 2.08. The summed E-state index contributed by atoms with van der Waals surface area (Å²) < 4.78 is 5.43. The molecule has 2 aromatic carbocycles. The van der Waals surface area contributed by atoms with E-state index in [1.807, 2.05) is 6.07 Å². The van der Waals surface area contributed by atoms with E-state index in [-0.39, 0.29) is 30.5 Å². The van der Waals surface area contributed by atoms with Gasteiger partial charge in [0.25, 0.3) is 0 Å². The molecule has 3 aliphatic rings. The van der Waals surface area contributed by atoms with Gasteiger partial charge in [-0.2, -0.15) is 0 Å². The molecule has 0 bridgehead atoms. The van der Waals surface area contributed by atoms with Crippen LogP contribution in [0.3, 0.4) is 0 Å². The van der Waals surface area contributed by atoms with Crippen LogP contribution in [0.1, 0.15) is 24.3 Å². The van der Waals surface area contributed by atoms with E-state index in [2.05, 4.69) is 63.2 Å². The summed E-state index contributed by atoms with van der Waals surface area (Å²) in [4.78, 5) is 19.9. The van der Waals surface area contributed by atoms with Crippen molar-refractivity contribution in [3.05, 3.63) is 60.2 Å². The maximum absolute atomic E-state index is 13.2. The van der Waals surface area contributed by atoms with E-state index < -0.39 is 0 Å². The zero-order chi connectivity index (χ0) is 22.6. The molecule has 0 spiro atoms. The Morgan fingerprint density at radius 2 is 1.61 bits per heavy atom. The van der Waals surface area contributed by atoms with Crippen molar-refractivity contribution in [2.24, 2.45) is 0 Å². The molecule has 6 nitrogen and oxygen atoms in total. The number of aliphatic hydroxyl groups is 1. The van der Waals surface area contributed by atoms with Crippen molar-refractivity contribution in [2.45, 2.75) is 30.8 Å². The molecule has 0 aromatic heterocycles. The first-order valence-corrected chi connectivity index (χ1v) is 12.3. The average molecular weight is 450 g/mol. The Kier molecular flexibility index (Phi) is 7.07. The number of nitrogens with zero attached hydrogens (tertiary/aromatic N) is 3. The van der Waals surface area contributed by atoms with Crippen LogP contribution in [0.15, 0.2) is 54.6 Å². The lowest BCUT2D eigenvalue weighted by atomic mass is 9.74. The summed E-state index contributed by atoms with van der Waals surface area (Å²) in [7, 11) is 0. The molecule has 0 saturated carbocycles. The van der Waals surface area contributed by atoms with Crippen molar-refractivity contribution in [2.75, 3.05) is 59.1 Å². The predicted molar refractivity (Wildman–Crippen MR) is 129 cm³/mol. The number of fused-ring (bicyclic) bond motifs is 1. The first-order chi connectivity index (χ1) is 16.2. The largest absolute Gasteiger partial charge is 0.395 e. The van der Waals surface area contributed by atoms with E-state index in [1.54, 1.807) is 0 Å². The maximum atomic E-state index is 13.2. The Bertz CT molecular complexity index is 914. The van der Waals surface area contributed by atoms with Crippen LogP contribution in [0, 0.1) is 0 Å². The number of morpholine rings is 1. The van der Waals surface area contributed by atoms with Gasteiger partial charge in [-0.05, 0) is 36.1 Å². The number of carbonyl (C=O) groups is 1. The molecule has 6 heteroatoms. The third kappa shape index (κ3) is 4.85. The minimum atomic E-state index is 0.131. The van der Waals surface area contributed by atoms with Gasteiger partial charge in [-0.1, -0.05) is 54.6 Å². The zero-order valence-electron chi connectivity index (χ0n) is 19.3. The van der Waals surface area contributed by atoms with Gasteiger partial charge in [0.2, 0.25) is 5.91 Å². The van der Waals surface area contributed by atoms with Gasteiger partial charge in [0.1, 0.15) is 0 Å². The second kappa shape index (κ2) is 10.3. The van der Waals surface area contributed by atoms with Crippen molar-refractivity contribution in [1.82, 2.24) is 14.7 Å². The van der Waals surface area contributed by atoms with Crippen molar-refractivity contribution >= 4 is 5.91 Å². The van der Waals surface area contributed by atoms with E-state index in [9.17, 15) is 9.90 Å². The fourth-order valence-corrected chi connectivity index (χ4v) is 5.75. The molecule has 0 unspecified atom stereocenters. The van der Waals surface area contributed by atoms with Crippen LogP contribution in [0.2, 0.25) is 0 Å². The van der Waals surface area contributed by atoms with Gasteiger partial charge in [-0.15, -0.1) is 0 Å². The van der Waals surface area contributed by atoms with Crippen LogP contribution in [0.4, 0.5) is 0 Å². The van der Waals surface area contributed by atoms with Crippen molar-refractivity contribution in [1.29, 1.82) is 0 Å². The fourth-order valence-electron chi connectivity index (χ4n) is 5.75. The smallest absolute Gasteiger partial charge is 0.236 e. The highest BCUT2D eigenvalue weighted by Gasteiger charge is 2.49. The highest BCUT2D eigenvalue weighted by atomic mass is 16.5. The molecule has 1 amide bonds. The number of hydrogen-bond acceptors (Lipinski definition) is 5. The quantitative estimate of drug-likeness (QED) is 0.760. The normalized spacial score (nSPS) is 26.7. The van der Waals surface area contributed by atoms with Gasteiger partial charge in [0, 0.05) is 44.2 Å². The lowest BCUT2D eigenvalue weighted by molar-refractivity contribution is -0.138. The Balaban J connectivity index is 1.31. The second-order valence-corrected chi connectivity index (χ2v) is 9.50. The van der Waals surface area contributed by atoms with Crippen molar-refractivity contribution in [3.63, 3.8) is 0 Å². The average Bonchev–Trinajstić information content (AvgIpc) is 2.84. The topological polar surface area (TPSA) is 56.2 Å². The molecule has 3 heterocycles. The number of carbonyl (C=O) groups excluding carboxylic acids is 1. The van der Waals surface area contributed by atoms with Crippen LogP contribution in [0.5, 0.6) is 0 Å². The van der Waals surface area contributed by atoms with Gasteiger partial charge in [-0.25, -0.2) is 0 Å². The molecule has 0 aliphatic carbocycles. The zero-order valence-corrected chi connectivity index (χ0v) is 19.3. The third-order valence-corrected chi connectivity index (χ3v) is 7.59. The summed E-state index contributed by atoms with van der Waals surface area (Å²) in [5.41, 5.74) is 3.68. The number of aliphatic hydroxyl groups excluding tert-OH is 1. The van der Waals surface area contributed by atoms with Gasteiger partial charge in [0.15, 0.2) is 0 Å². The summed E-state index contributed by atoms with van der Waals surface area (Å²) in [5.74, 6) is 0.473. The monoisotopic (exact) mass is 449 g/mol.